The number of fused-ring (bicyclic) bond motifs is 1. The lowest BCUT2D eigenvalue weighted by Gasteiger charge is -2.07. The summed E-state index contributed by atoms with van der Waals surface area (Å²) in [5.41, 5.74) is 0.714. The van der Waals surface area contributed by atoms with Crippen molar-refractivity contribution in [1.29, 1.82) is 0 Å². The minimum Gasteiger partial charge on any atom is -0.290 e. The van der Waals surface area contributed by atoms with Crippen LogP contribution in [0.15, 0.2) is 56.6 Å². The molecule has 0 saturated carbocycles. The maximum Gasteiger partial charge on any atom is 0.271 e. The van der Waals surface area contributed by atoms with Gasteiger partial charge in [0.15, 0.2) is 5.16 Å². The fourth-order valence-corrected chi connectivity index (χ4v) is 5.06. The fraction of sp³-hybridized carbons (Fsp3) is 0.200. The van der Waals surface area contributed by atoms with Gasteiger partial charge in [0.1, 0.15) is 4.70 Å². The molecule has 0 fully saturated rings. The zero-order valence-electron chi connectivity index (χ0n) is 11.9. The fourth-order valence-electron chi connectivity index (χ4n) is 2.00. The molecule has 0 unspecified atom stereocenters. The summed E-state index contributed by atoms with van der Waals surface area (Å²) < 4.78 is 14.4. The Kier molecular flexibility index (Phi) is 4.75. The van der Waals surface area contributed by atoms with Crippen molar-refractivity contribution in [2.75, 3.05) is 11.5 Å². The van der Waals surface area contributed by atoms with Gasteiger partial charge >= 0.3 is 0 Å². The molecule has 0 bridgehead atoms. The largest absolute Gasteiger partial charge is 0.290 e. The number of hydrogen-bond acceptors (Lipinski definition) is 5. The summed E-state index contributed by atoms with van der Waals surface area (Å²) in [6.07, 6.45) is 0. The number of thioether (sulfide) groups is 1. The molecule has 1 atom stereocenters. The van der Waals surface area contributed by atoms with Crippen LogP contribution in [-0.4, -0.2) is 25.3 Å². The minimum absolute atomic E-state index is 0.0216. The zero-order valence-corrected chi connectivity index (χ0v) is 14.3. The highest BCUT2D eigenvalue weighted by Crippen LogP contribution is 2.20. The van der Waals surface area contributed by atoms with Gasteiger partial charge in [0.25, 0.3) is 5.56 Å². The van der Waals surface area contributed by atoms with Gasteiger partial charge < -0.3 is 0 Å². The molecule has 0 radical (unpaired) electrons. The van der Waals surface area contributed by atoms with Gasteiger partial charge in [-0.2, -0.15) is 0 Å². The van der Waals surface area contributed by atoms with E-state index < -0.39 is 10.8 Å². The molecule has 114 valence electrons. The van der Waals surface area contributed by atoms with E-state index in [1.54, 1.807) is 11.6 Å². The molecule has 4 nitrogen and oxygen atoms in total. The van der Waals surface area contributed by atoms with E-state index in [0.717, 1.165) is 10.4 Å². The lowest BCUT2D eigenvalue weighted by molar-refractivity contribution is 0.684. The summed E-state index contributed by atoms with van der Waals surface area (Å²) in [5.74, 6) is 1.18. The molecule has 7 heteroatoms. The van der Waals surface area contributed by atoms with Crippen LogP contribution >= 0.6 is 23.1 Å². The van der Waals surface area contributed by atoms with E-state index in [4.69, 9.17) is 0 Å². The Balaban J connectivity index is 1.71. The zero-order chi connectivity index (χ0) is 15.5. The van der Waals surface area contributed by atoms with E-state index in [1.807, 2.05) is 41.8 Å². The Morgan fingerprint density at radius 2 is 2.05 bits per heavy atom. The summed E-state index contributed by atoms with van der Waals surface area (Å²) >= 11 is 2.87. The van der Waals surface area contributed by atoms with Gasteiger partial charge in [-0.15, -0.1) is 11.3 Å². The second kappa shape index (κ2) is 6.76. The maximum absolute atomic E-state index is 12.2. The Bertz CT molecular complexity index is 871. The molecule has 0 aliphatic carbocycles. The smallest absolute Gasteiger partial charge is 0.271 e. The lowest BCUT2D eigenvalue weighted by atomic mass is 10.4. The Hall–Kier alpha value is -1.44. The summed E-state index contributed by atoms with van der Waals surface area (Å²) in [6, 6.07) is 11.3. The molecule has 0 aliphatic rings. The second-order valence-electron chi connectivity index (χ2n) is 4.60. The lowest BCUT2D eigenvalue weighted by Crippen LogP contribution is -2.19. The van der Waals surface area contributed by atoms with Crippen molar-refractivity contribution in [3.8, 4) is 0 Å². The summed E-state index contributed by atoms with van der Waals surface area (Å²) in [5, 5.41) is 2.54. The first-order chi connectivity index (χ1) is 10.7. The van der Waals surface area contributed by atoms with Crippen LogP contribution in [0.25, 0.3) is 10.2 Å². The van der Waals surface area contributed by atoms with Crippen molar-refractivity contribution in [2.24, 2.45) is 7.05 Å². The van der Waals surface area contributed by atoms with Gasteiger partial charge in [0.05, 0.1) is 16.3 Å². The van der Waals surface area contributed by atoms with Gasteiger partial charge in [-0.3, -0.25) is 13.6 Å². The Morgan fingerprint density at radius 1 is 1.27 bits per heavy atom. The van der Waals surface area contributed by atoms with E-state index in [0.29, 0.717) is 21.4 Å². The van der Waals surface area contributed by atoms with Gasteiger partial charge in [-0.05, 0) is 23.6 Å². The van der Waals surface area contributed by atoms with Crippen LogP contribution in [0.3, 0.4) is 0 Å². The van der Waals surface area contributed by atoms with Crippen molar-refractivity contribution in [1.82, 2.24) is 9.55 Å². The molecule has 2 aromatic heterocycles. The van der Waals surface area contributed by atoms with E-state index in [9.17, 15) is 9.00 Å². The van der Waals surface area contributed by atoms with Crippen LogP contribution in [-0.2, 0) is 17.8 Å². The van der Waals surface area contributed by atoms with Crippen molar-refractivity contribution in [2.45, 2.75) is 10.1 Å². The topological polar surface area (TPSA) is 52.0 Å². The molecule has 1 aromatic carbocycles. The monoisotopic (exact) mass is 350 g/mol. The third-order valence-corrected chi connectivity index (χ3v) is 6.71. The van der Waals surface area contributed by atoms with Gasteiger partial charge in [-0.1, -0.05) is 30.0 Å². The van der Waals surface area contributed by atoms with E-state index in [-0.39, 0.29) is 5.56 Å². The average molecular weight is 350 g/mol. The first kappa shape index (κ1) is 15.5. The van der Waals surface area contributed by atoms with Crippen molar-refractivity contribution in [3.05, 3.63) is 52.1 Å². The summed E-state index contributed by atoms with van der Waals surface area (Å²) in [6.45, 7) is 0. The number of thiophene rings is 1. The van der Waals surface area contributed by atoms with Crippen LogP contribution in [0.2, 0.25) is 0 Å². The van der Waals surface area contributed by atoms with E-state index in [2.05, 4.69) is 4.98 Å². The Labute approximate surface area is 138 Å². The average Bonchev–Trinajstić information content (AvgIpc) is 3.01. The molecular formula is C15H14N2O2S3. The van der Waals surface area contributed by atoms with Crippen molar-refractivity contribution in [3.63, 3.8) is 0 Å². The summed E-state index contributed by atoms with van der Waals surface area (Å²) in [4.78, 5) is 17.5. The Morgan fingerprint density at radius 3 is 2.82 bits per heavy atom. The first-order valence-electron chi connectivity index (χ1n) is 6.67. The predicted octanol–water partition coefficient (Wildman–Crippen LogP) is 2.89. The number of aromatic nitrogens is 2. The van der Waals surface area contributed by atoms with E-state index >= 15 is 0 Å². The van der Waals surface area contributed by atoms with E-state index in [1.165, 1.54) is 23.1 Å². The molecule has 0 saturated heterocycles. The molecule has 3 rings (SSSR count). The van der Waals surface area contributed by atoms with Gasteiger partial charge in [0.2, 0.25) is 0 Å². The van der Waals surface area contributed by atoms with Crippen molar-refractivity contribution >= 4 is 44.1 Å². The molecule has 22 heavy (non-hydrogen) atoms. The predicted molar refractivity (Wildman–Crippen MR) is 93.3 cm³/mol. The number of rotatable bonds is 5. The SMILES string of the molecule is Cn1c(SCC[S@@](=O)c2ccccc2)nc2ccsc2c1=O. The van der Waals surface area contributed by atoms with Crippen molar-refractivity contribution < 1.29 is 4.21 Å². The van der Waals surface area contributed by atoms with Crippen LogP contribution in [0, 0.1) is 0 Å². The maximum atomic E-state index is 12.2. The molecule has 0 spiro atoms. The minimum atomic E-state index is -1.02. The third-order valence-electron chi connectivity index (χ3n) is 3.15. The third kappa shape index (κ3) is 3.16. The molecule has 0 amide bonds. The number of hydrogen-bond donors (Lipinski definition) is 0. The molecule has 0 N–H and O–H groups in total. The quantitative estimate of drug-likeness (QED) is 0.524. The second-order valence-corrected chi connectivity index (χ2v) is 8.15. The van der Waals surface area contributed by atoms with Gasteiger partial charge in [-0.25, -0.2) is 4.98 Å². The highest BCUT2D eigenvalue weighted by atomic mass is 32.2. The molecule has 2 heterocycles. The number of nitrogens with zero attached hydrogens (tertiary/aromatic N) is 2. The van der Waals surface area contributed by atoms with Crippen LogP contribution in [0.1, 0.15) is 0 Å². The molecule has 0 aliphatic heterocycles. The number of benzene rings is 1. The molecule has 3 aromatic rings. The highest BCUT2D eigenvalue weighted by molar-refractivity contribution is 8.00. The highest BCUT2D eigenvalue weighted by Gasteiger charge is 2.10. The summed E-state index contributed by atoms with van der Waals surface area (Å²) in [7, 11) is 0.705. The standard InChI is InChI=1S/C15H14N2O2S3/c1-17-14(18)13-12(7-8-20-13)16-15(17)21-9-10-22(19)11-5-3-2-4-6-11/h2-8H,9-10H2,1H3/t22-/m1/s1. The first-order valence-corrected chi connectivity index (χ1v) is 9.85. The van der Waals surface area contributed by atoms with Crippen LogP contribution < -0.4 is 5.56 Å². The van der Waals surface area contributed by atoms with Crippen LogP contribution in [0.4, 0.5) is 0 Å². The van der Waals surface area contributed by atoms with Gasteiger partial charge in [0, 0.05) is 23.4 Å². The normalized spacial score (nSPS) is 12.6. The van der Waals surface area contributed by atoms with Crippen LogP contribution in [0.5, 0.6) is 0 Å². The molecular weight excluding hydrogens is 336 g/mol.